The van der Waals surface area contributed by atoms with E-state index in [9.17, 15) is 0 Å². The number of nitriles is 1. The molecule has 0 amide bonds. The lowest BCUT2D eigenvalue weighted by molar-refractivity contribution is 1.09. The largest absolute Gasteiger partial charge is 0.197 e. The van der Waals surface area contributed by atoms with Crippen LogP contribution in [0, 0.1) is 17.2 Å². The zero-order chi connectivity index (χ0) is 5.98. The molecule has 0 aromatic rings. The number of halogens is 1. The topological polar surface area (TPSA) is 23.8 Å². The average Bonchev–Trinajstić information content (AvgIpc) is 2.14. The fourth-order valence-electron chi connectivity index (χ4n) is 0.559. The van der Waals surface area contributed by atoms with Gasteiger partial charge in [-0.1, -0.05) is 34.2 Å². The van der Waals surface area contributed by atoms with Gasteiger partial charge in [0.25, 0.3) is 0 Å². The molecule has 0 aromatic carbocycles. The molecule has 0 saturated heterocycles. The Morgan fingerprint density at radius 2 is 2.50 bits per heavy atom. The van der Waals surface area contributed by atoms with Gasteiger partial charge in [-0.3, -0.25) is 0 Å². The second-order valence-electron chi connectivity index (χ2n) is 1.54. The molecule has 1 unspecified atom stereocenters. The highest BCUT2D eigenvalue weighted by molar-refractivity contribution is 9.11. The van der Waals surface area contributed by atoms with Gasteiger partial charge in [-0.25, -0.2) is 0 Å². The van der Waals surface area contributed by atoms with Crippen molar-refractivity contribution in [2.45, 2.75) is 0 Å². The van der Waals surface area contributed by atoms with Crippen LogP contribution in [0.25, 0.3) is 0 Å². The van der Waals surface area contributed by atoms with Gasteiger partial charge in [0, 0.05) is 4.48 Å². The third-order valence-corrected chi connectivity index (χ3v) is 1.75. The van der Waals surface area contributed by atoms with Crippen molar-refractivity contribution < 1.29 is 0 Å². The second-order valence-corrected chi connectivity index (χ2v) is 2.46. The Hall–Kier alpha value is -0.550. The van der Waals surface area contributed by atoms with Gasteiger partial charge in [-0.2, -0.15) is 5.26 Å². The predicted octanol–water partition coefficient (Wildman–Crippen LogP) is 1.97. The summed E-state index contributed by atoms with van der Waals surface area (Å²) in [6.07, 6.45) is 5.61. The van der Waals surface area contributed by atoms with E-state index >= 15 is 0 Å². The van der Waals surface area contributed by atoms with E-state index in [-0.39, 0.29) is 5.92 Å². The van der Waals surface area contributed by atoms with Gasteiger partial charge in [0.15, 0.2) is 0 Å². The summed E-state index contributed by atoms with van der Waals surface area (Å²) in [6, 6.07) is 2.11. The Kier molecular flexibility index (Phi) is 1.50. The molecule has 2 heteroatoms. The molecule has 0 fully saturated rings. The van der Waals surface area contributed by atoms with Crippen LogP contribution in [-0.2, 0) is 0 Å². The molecule has 1 rings (SSSR count). The van der Waals surface area contributed by atoms with Crippen molar-refractivity contribution in [3.63, 3.8) is 0 Å². The molecule has 0 heterocycles. The summed E-state index contributed by atoms with van der Waals surface area (Å²) in [5.74, 6) is -0.0324. The zero-order valence-corrected chi connectivity index (χ0v) is 5.72. The van der Waals surface area contributed by atoms with Gasteiger partial charge in [0.1, 0.15) is 0 Å². The van der Waals surface area contributed by atoms with Gasteiger partial charge >= 0.3 is 0 Å². The van der Waals surface area contributed by atoms with Gasteiger partial charge < -0.3 is 0 Å². The normalized spacial score (nSPS) is 25.0. The number of hydrogen-bond donors (Lipinski definition) is 0. The third kappa shape index (κ3) is 0.823. The van der Waals surface area contributed by atoms with E-state index in [2.05, 4.69) is 22.0 Å². The molecule has 1 aliphatic rings. The lowest BCUT2D eigenvalue weighted by atomic mass is 10.2. The maximum Gasteiger partial charge on any atom is 0.0961 e. The van der Waals surface area contributed by atoms with E-state index in [0.717, 1.165) is 4.48 Å². The van der Waals surface area contributed by atoms with Crippen LogP contribution >= 0.6 is 15.9 Å². The SMILES string of the molecule is N#CC1C=CC=C1Br. The van der Waals surface area contributed by atoms with Crippen LogP contribution in [-0.4, -0.2) is 0 Å². The lowest BCUT2D eigenvalue weighted by Gasteiger charge is -1.91. The Labute approximate surface area is 56.4 Å². The lowest BCUT2D eigenvalue weighted by Crippen LogP contribution is -1.84. The number of allylic oxidation sites excluding steroid dienone is 4. The summed E-state index contributed by atoms with van der Waals surface area (Å²) in [7, 11) is 0. The Bertz CT molecular complexity index is 185. The van der Waals surface area contributed by atoms with E-state index in [1.54, 1.807) is 0 Å². The van der Waals surface area contributed by atoms with E-state index < -0.39 is 0 Å². The molecular weight excluding hydrogens is 166 g/mol. The molecule has 0 aromatic heterocycles. The first kappa shape index (κ1) is 5.58. The van der Waals surface area contributed by atoms with Crippen LogP contribution in [0.2, 0.25) is 0 Å². The van der Waals surface area contributed by atoms with Crippen LogP contribution in [0.3, 0.4) is 0 Å². The van der Waals surface area contributed by atoms with Crippen molar-refractivity contribution in [2.75, 3.05) is 0 Å². The molecule has 0 saturated carbocycles. The van der Waals surface area contributed by atoms with Crippen LogP contribution in [0.1, 0.15) is 0 Å². The summed E-state index contributed by atoms with van der Waals surface area (Å²) >= 11 is 3.24. The smallest absolute Gasteiger partial charge is 0.0961 e. The average molecular weight is 170 g/mol. The Morgan fingerprint density at radius 1 is 1.75 bits per heavy atom. The van der Waals surface area contributed by atoms with Crippen LogP contribution in [0.4, 0.5) is 0 Å². The highest BCUT2D eigenvalue weighted by Gasteiger charge is 2.08. The number of hydrogen-bond acceptors (Lipinski definition) is 1. The molecule has 0 spiro atoms. The Balaban J connectivity index is 2.76. The van der Waals surface area contributed by atoms with E-state index in [4.69, 9.17) is 5.26 Å². The first-order valence-electron chi connectivity index (χ1n) is 2.28. The Morgan fingerprint density at radius 3 is 2.75 bits per heavy atom. The zero-order valence-electron chi connectivity index (χ0n) is 4.13. The highest BCUT2D eigenvalue weighted by atomic mass is 79.9. The van der Waals surface area contributed by atoms with Gasteiger partial charge in [0.2, 0.25) is 0 Å². The van der Waals surface area contributed by atoms with Crippen molar-refractivity contribution in [1.29, 1.82) is 5.26 Å². The molecule has 40 valence electrons. The molecule has 0 N–H and O–H groups in total. The van der Waals surface area contributed by atoms with Gasteiger partial charge in [-0.15, -0.1) is 0 Å². The van der Waals surface area contributed by atoms with Crippen molar-refractivity contribution >= 4 is 15.9 Å². The minimum atomic E-state index is -0.0324. The predicted molar refractivity (Wildman–Crippen MR) is 35.3 cm³/mol. The van der Waals surface area contributed by atoms with Crippen LogP contribution < -0.4 is 0 Å². The molecule has 1 nitrogen and oxygen atoms in total. The minimum Gasteiger partial charge on any atom is -0.197 e. The minimum absolute atomic E-state index is 0.0324. The fraction of sp³-hybridized carbons (Fsp3) is 0.167. The van der Waals surface area contributed by atoms with Gasteiger partial charge in [-0.05, 0) is 0 Å². The van der Waals surface area contributed by atoms with Crippen molar-refractivity contribution in [3.8, 4) is 6.07 Å². The number of rotatable bonds is 0. The summed E-state index contributed by atoms with van der Waals surface area (Å²) < 4.78 is 0.958. The number of nitrogens with zero attached hydrogens (tertiary/aromatic N) is 1. The van der Waals surface area contributed by atoms with Crippen LogP contribution in [0.5, 0.6) is 0 Å². The second kappa shape index (κ2) is 2.15. The fourth-order valence-corrected chi connectivity index (χ4v) is 0.966. The molecular formula is C6H4BrN. The molecule has 1 aliphatic carbocycles. The van der Waals surface area contributed by atoms with E-state index in [1.165, 1.54) is 0 Å². The summed E-state index contributed by atoms with van der Waals surface area (Å²) in [5, 5.41) is 8.36. The maximum atomic E-state index is 8.36. The van der Waals surface area contributed by atoms with Crippen molar-refractivity contribution in [1.82, 2.24) is 0 Å². The van der Waals surface area contributed by atoms with E-state index in [0.29, 0.717) is 0 Å². The van der Waals surface area contributed by atoms with Crippen molar-refractivity contribution in [2.24, 2.45) is 5.92 Å². The van der Waals surface area contributed by atoms with Gasteiger partial charge in [0.05, 0.1) is 12.0 Å². The standard InChI is InChI=1S/C6H4BrN/c7-6-3-1-2-5(6)4-8/h1-3,5H. The molecule has 0 radical (unpaired) electrons. The van der Waals surface area contributed by atoms with Crippen molar-refractivity contribution in [3.05, 3.63) is 22.7 Å². The first-order valence-corrected chi connectivity index (χ1v) is 3.07. The molecule has 0 aliphatic heterocycles. The summed E-state index contributed by atoms with van der Waals surface area (Å²) in [5.41, 5.74) is 0. The first-order chi connectivity index (χ1) is 3.84. The molecule has 8 heavy (non-hydrogen) atoms. The maximum absolute atomic E-state index is 8.36. The molecule has 0 bridgehead atoms. The highest BCUT2D eigenvalue weighted by Crippen LogP contribution is 2.23. The summed E-state index contributed by atoms with van der Waals surface area (Å²) in [6.45, 7) is 0. The summed E-state index contributed by atoms with van der Waals surface area (Å²) in [4.78, 5) is 0. The quantitative estimate of drug-likeness (QED) is 0.545. The van der Waals surface area contributed by atoms with E-state index in [1.807, 2.05) is 18.2 Å². The van der Waals surface area contributed by atoms with Crippen LogP contribution in [0.15, 0.2) is 22.7 Å². The molecule has 1 atom stereocenters. The monoisotopic (exact) mass is 169 g/mol. The third-order valence-electron chi connectivity index (χ3n) is 0.995.